The van der Waals surface area contributed by atoms with Gasteiger partial charge in [-0.3, -0.25) is 4.79 Å². The van der Waals surface area contributed by atoms with Crippen molar-refractivity contribution in [3.8, 4) is 0 Å². The summed E-state index contributed by atoms with van der Waals surface area (Å²) in [6.45, 7) is 1.99. The highest BCUT2D eigenvalue weighted by Gasteiger charge is 2.06. The van der Waals surface area contributed by atoms with Gasteiger partial charge < -0.3 is 11.1 Å². The molecule has 0 aromatic heterocycles. The summed E-state index contributed by atoms with van der Waals surface area (Å²) >= 11 is 4.81. The summed E-state index contributed by atoms with van der Waals surface area (Å²) < 4.78 is 0.936. The van der Waals surface area contributed by atoms with Crippen LogP contribution in [-0.2, 0) is 4.79 Å². The fourth-order valence-electron chi connectivity index (χ4n) is 1.71. The molecule has 20 heavy (non-hydrogen) atoms. The van der Waals surface area contributed by atoms with Crippen molar-refractivity contribution < 1.29 is 4.79 Å². The van der Waals surface area contributed by atoms with Crippen molar-refractivity contribution in [2.45, 2.75) is 11.8 Å². The Labute approximate surface area is 131 Å². The number of carbonyl (C=O) groups is 1. The average Bonchev–Trinajstić information content (AvgIpc) is 2.37. The van der Waals surface area contributed by atoms with Gasteiger partial charge in [0, 0.05) is 20.7 Å². The fraction of sp³-hybridized carbons (Fsp3) is 0.133. The lowest BCUT2D eigenvalue weighted by atomic mass is 10.2. The van der Waals surface area contributed by atoms with E-state index in [1.54, 1.807) is 0 Å². The number of nitrogens with two attached hydrogens (primary N) is 1. The van der Waals surface area contributed by atoms with E-state index in [0.717, 1.165) is 20.6 Å². The molecule has 0 aliphatic carbocycles. The molecule has 1 amide bonds. The average molecular weight is 351 g/mol. The molecule has 0 unspecified atom stereocenters. The second kappa shape index (κ2) is 6.81. The predicted octanol–water partition coefficient (Wildman–Crippen LogP) is 4.07. The van der Waals surface area contributed by atoms with Crippen LogP contribution in [0.3, 0.4) is 0 Å². The first-order chi connectivity index (χ1) is 9.54. The van der Waals surface area contributed by atoms with Crippen molar-refractivity contribution in [3.63, 3.8) is 0 Å². The topological polar surface area (TPSA) is 55.1 Å². The summed E-state index contributed by atoms with van der Waals surface area (Å²) in [5, 5.41) is 2.85. The van der Waals surface area contributed by atoms with Gasteiger partial charge in [0.05, 0.1) is 5.75 Å². The Morgan fingerprint density at radius 3 is 2.80 bits per heavy atom. The maximum absolute atomic E-state index is 11.9. The SMILES string of the molecule is Cc1ccc(SCC(=O)Nc2cccc(Br)c2)c(N)c1. The highest BCUT2D eigenvalue weighted by atomic mass is 79.9. The minimum Gasteiger partial charge on any atom is -0.398 e. The molecule has 0 bridgehead atoms. The van der Waals surface area contributed by atoms with Gasteiger partial charge in [0.25, 0.3) is 0 Å². The minimum absolute atomic E-state index is 0.0481. The molecular weight excluding hydrogens is 336 g/mol. The van der Waals surface area contributed by atoms with Gasteiger partial charge in [-0.1, -0.05) is 28.1 Å². The number of nitrogen functional groups attached to an aromatic ring is 1. The Bertz CT molecular complexity index is 631. The summed E-state index contributed by atoms with van der Waals surface area (Å²) in [4.78, 5) is 12.8. The Morgan fingerprint density at radius 2 is 2.10 bits per heavy atom. The lowest BCUT2D eigenvalue weighted by molar-refractivity contribution is -0.113. The van der Waals surface area contributed by atoms with E-state index in [9.17, 15) is 4.79 Å². The second-order valence-electron chi connectivity index (χ2n) is 4.39. The molecule has 0 fully saturated rings. The lowest BCUT2D eigenvalue weighted by Gasteiger charge is -2.07. The van der Waals surface area contributed by atoms with Gasteiger partial charge in [-0.15, -0.1) is 11.8 Å². The van der Waals surface area contributed by atoms with Gasteiger partial charge in [-0.25, -0.2) is 0 Å². The van der Waals surface area contributed by atoms with Crippen molar-refractivity contribution in [2.75, 3.05) is 16.8 Å². The quantitative estimate of drug-likeness (QED) is 0.645. The Morgan fingerprint density at radius 1 is 1.30 bits per heavy atom. The molecule has 2 aromatic carbocycles. The number of thioether (sulfide) groups is 1. The number of aryl methyl sites for hydroxylation is 1. The number of hydrogen-bond acceptors (Lipinski definition) is 3. The number of hydrogen-bond donors (Lipinski definition) is 2. The van der Waals surface area contributed by atoms with Crippen LogP contribution in [0.2, 0.25) is 0 Å². The molecule has 0 heterocycles. The van der Waals surface area contributed by atoms with E-state index < -0.39 is 0 Å². The van der Waals surface area contributed by atoms with Crippen molar-refractivity contribution >= 4 is 45.0 Å². The molecule has 3 nitrogen and oxygen atoms in total. The number of benzene rings is 2. The third-order valence-electron chi connectivity index (χ3n) is 2.63. The van der Waals surface area contributed by atoms with Crippen LogP contribution in [-0.4, -0.2) is 11.7 Å². The molecule has 104 valence electrons. The number of nitrogens with one attached hydrogen (secondary N) is 1. The van der Waals surface area contributed by atoms with Crippen LogP contribution in [0.1, 0.15) is 5.56 Å². The van der Waals surface area contributed by atoms with Crippen LogP contribution in [0, 0.1) is 6.92 Å². The molecule has 0 spiro atoms. The number of rotatable bonds is 4. The third-order valence-corrected chi connectivity index (χ3v) is 4.21. The number of halogens is 1. The third kappa shape index (κ3) is 4.28. The first-order valence-electron chi connectivity index (χ1n) is 6.09. The van der Waals surface area contributed by atoms with E-state index in [-0.39, 0.29) is 5.91 Å². The van der Waals surface area contributed by atoms with Gasteiger partial charge in [-0.05, 0) is 42.8 Å². The Hall–Kier alpha value is -1.46. The molecule has 0 radical (unpaired) electrons. The van der Waals surface area contributed by atoms with E-state index in [4.69, 9.17) is 5.73 Å². The van der Waals surface area contributed by atoms with Gasteiger partial charge in [0.2, 0.25) is 5.91 Å². The number of carbonyl (C=O) groups excluding carboxylic acids is 1. The summed E-state index contributed by atoms with van der Waals surface area (Å²) in [6.07, 6.45) is 0. The van der Waals surface area contributed by atoms with E-state index in [2.05, 4.69) is 21.2 Å². The molecule has 0 atom stereocenters. The van der Waals surface area contributed by atoms with Crippen LogP contribution < -0.4 is 11.1 Å². The van der Waals surface area contributed by atoms with Crippen molar-refractivity contribution in [1.29, 1.82) is 0 Å². The zero-order valence-corrected chi connectivity index (χ0v) is 13.4. The highest BCUT2D eigenvalue weighted by Crippen LogP contribution is 2.26. The van der Waals surface area contributed by atoms with Gasteiger partial charge in [-0.2, -0.15) is 0 Å². The van der Waals surface area contributed by atoms with Crippen molar-refractivity contribution in [3.05, 3.63) is 52.5 Å². The summed E-state index contributed by atoms with van der Waals surface area (Å²) in [5.41, 5.74) is 8.53. The first-order valence-corrected chi connectivity index (χ1v) is 7.87. The number of amides is 1. The van der Waals surface area contributed by atoms with Crippen LogP contribution in [0.15, 0.2) is 51.8 Å². The first kappa shape index (κ1) is 14.9. The highest BCUT2D eigenvalue weighted by molar-refractivity contribution is 9.10. The molecule has 2 aromatic rings. The largest absolute Gasteiger partial charge is 0.398 e. The molecule has 0 aliphatic heterocycles. The van der Waals surface area contributed by atoms with Crippen LogP contribution in [0.25, 0.3) is 0 Å². The molecule has 2 rings (SSSR count). The van der Waals surface area contributed by atoms with Crippen LogP contribution in [0.4, 0.5) is 11.4 Å². The molecule has 3 N–H and O–H groups in total. The molecule has 0 saturated heterocycles. The molecular formula is C15H15BrN2OS. The Balaban J connectivity index is 1.92. The van der Waals surface area contributed by atoms with Gasteiger partial charge >= 0.3 is 0 Å². The second-order valence-corrected chi connectivity index (χ2v) is 6.32. The maximum Gasteiger partial charge on any atom is 0.234 e. The molecule has 5 heteroatoms. The summed E-state index contributed by atoms with van der Waals surface area (Å²) in [7, 11) is 0. The molecule has 0 saturated carbocycles. The maximum atomic E-state index is 11.9. The van der Waals surface area contributed by atoms with Crippen molar-refractivity contribution in [1.82, 2.24) is 0 Å². The zero-order chi connectivity index (χ0) is 14.5. The minimum atomic E-state index is -0.0481. The van der Waals surface area contributed by atoms with Gasteiger partial charge in [0.15, 0.2) is 0 Å². The monoisotopic (exact) mass is 350 g/mol. The van der Waals surface area contributed by atoms with E-state index >= 15 is 0 Å². The fourth-order valence-corrected chi connectivity index (χ4v) is 2.85. The standard InChI is InChI=1S/C15H15BrN2OS/c1-10-5-6-14(13(17)7-10)20-9-15(19)18-12-4-2-3-11(16)8-12/h2-8H,9,17H2,1H3,(H,18,19). The van der Waals surface area contributed by atoms with Gasteiger partial charge in [0.1, 0.15) is 0 Å². The normalized spacial score (nSPS) is 10.3. The summed E-state index contributed by atoms with van der Waals surface area (Å²) in [6, 6.07) is 13.4. The van der Waals surface area contributed by atoms with E-state index in [1.165, 1.54) is 11.8 Å². The lowest BCUT2D eigenvalue weighted by Crippen LogP contribution is -2.14. The number of anilines is 2. The van der Waals surface area contributed by atoms with E-state index in [0.29, 0.717) is 11.4 Å². The van der Waals surface area contributed by atoms with Crippen molar-refractivity contribution in [2.24, 2.45) is 0 Å². The smallest absolute Gasteiger partial charge is 0.234 e. The Kier molecular flexibility index (Phi) is 5.09. The summed E-state index contributed by atoms with van der Waals surface area (Å²) in [5.74, 6) is 0.285. The van der Waals surface area contributed by atoms with Crippen LogP contribution in [0.5, 0.6) is 0 Å². The predicted molar refractivity (Wildman–Crippen MR) is 89.1 cm³/mol. The molecule has 0 aliphatic rings. The van der Waals surface area contributed by atoms with Crippen LogP contribution >= 0.6 is 27.7 Å². The zero-order valence-electron chi connectivity index (χ0n) is 11.0. The van der Waals surface area contributed by atoms with E-state index in [1.807, 2.05) is 49.4 Å².